The Morgan fingerprint density at radius 3 is 2.46 bits per heavy atom. The Morgan fingerprint density at radius 2 is 1.79 bits per heavy atom. The Balaban J connectivity index is 1.77. The fourth-order valence-electron chi connectivity index (χ4n) is 7.01. The summed E-state index contributed by atoms with van der Waals surface area (Å²) in [5.41, 5.74) is -0.787. The summed E-state index contributed by atoms with van der Waals surface area (Å²) < 4.78 is 13.1. The van der Waals surface area contributed by atoms with E-state index in [4.69, 9.17) is 9.47 Å². The average Bonchev–Trinajstić information content (AvgIpc) is 2.97. The summed E-state index contributed by atoms with van der Waals surface area (Å²) in [6.07, 6.45) is 6.87. The average molecular weight is 336 g/mol. The van der Waals surface area contributed by atoms with Crippen molar-refractivity contribution in [1.29, 1.82) is 0 Å². The third kappa shape index (κ3) is 1.90. The molecule has 4 rings (SSSR count). The Morgan fingerprint density at radius 1 is 1.08 bits per heavy atom. The maximum atomic E-state index is 11.4. The highest BCUT2D eigenvalue weighted by atomic mass is 16.7. The molecule has 2 heterocycles. The minimum absolute atomic E-state index is 0.0623. The lowest BCUT2D eigenvalue weighted by Gasteiger charge is -2.62. The number of carbonyl (C=O) groups is 1. The minimum Gasteiger partial charge on any atom is -0.481 e. The van der Waals surface area contributed by atoms with E-state index in [0.29, 0.717) is 11.3 Å². The number of carboxylic acid groups (broad SMARTS) is 1. The van der Waals surface area contributed by atoms with Crippen LogP contribution in [0.25, 0.3) is 0 Å². The van der Waals surface area contributed by atoms with Crippen LogP contribution in [0.5, 0.6) is 0 Å². The SMILES string of the molecule is CC1(C)CCC[C@@]2(C)[C@@H]1C[C@H]1O[C@@]1(C)[C@]21CC[C@](C)(CC(=O)O)O1. The smallest absolute Gasteiger partial charge is 0.306 e. The standard InChI is InChI=1S/C20H32O4/c1-16(2)7-6-8-18(4)13(16)11-14-19(5,23-14)20(18)10-9-17(3,24-20)12-15(21)22/h13-14H,6-12H2,1-5H3,(H,21,22)/t13-,14-,17-,18+,19-,20+/m1/s1. The van der Waals surface area contributed by atoms with E-state index in [1.165, 1.54) is 12.8 Å². The van der Waals surface area contributed by atoms with Gasteiger partial charge in [-0.15, -0.1) is 0 Å². The molecule has 0 unspecified atom stereocenters. The van der Waals surface area contributed by atoms with Crippen LogP contribution in [-0.2, 0) is 14.3 Å². The maximum absolute atomic E-state index is 11.4. The van der Waals surface area contributed by atoms with Crippen LogP contribution in [0.15, 0.2) is 0 Å². The van der Waals surface area contributed by atoms with Gasteiger partial charge in [0, 0.05) is 5.41 Å². The molecule has 0 radical (unpaired) electrons. The number of rotatable bonds is 2. The van der Waals surface area contributed by atoms with Gasteiger partial charge in [-0.1, -0.05) is 27.2 Å². The van der Waals surface area contributed by atoms with Crippen LogP contribution in [0.4, 0.5) is 0 Å². The van der Waals surface area contributed by atoms with Crippen molar-refractivity contribution in [2.45, 2.75) is 102 Å². The summed E-state index contributed by atoms with van der Waals surface area (Å²) in [5.74, 6) is -0.194. The lowest BCUT2D eigenvalue weighted by atomic mass is 9.44. The van der Waals surface area contributed by atoms with Crippen LogP contribution in [0, 0.1) is 16.7 Å². The van der Waals surface area contributed by atoms with Gasteiger partial charge in [0.1, 0.15) is 11.2 Å². The van der Waals surface area contributed by atoms with Crippen molar-refractivity contribution >= 4 is 5.97 Å². The van der Waals surface area contributed by atoms with Gasteiger partial charge in [-0.3, -0.25) is 4.79 Å². The topological polar surface area (TPSA) is 59.1 Å². The highest BCUT2D eigenvalue weighted by molar-refractivity contribution is 5.68. The summed E-state index contributed by atoms with van der Waals surface area (Å²) in [4.78, 5) is 11.4. The monoisotopic (exact) mass is 336 g/mol. The summed E-state index contributed by atoms with van der Waals surface area (Å²) in [6, 6.07) is 0. The van der Waals surface area contributed by atoms with E-state index in [2.05, 4.69) is 27.7 Å². The molecule has 0 bridgehead atoms. The van der Waals surface area contributed by atoms with Crippen LogP contribution < -0.4 is 0 Å². The quantitative estimate of drug-likeness (QED) is 0.769. The molecule has 4 aliphatic rings. The lowest BCUT2D eigenvalue weighted by molar-refractivity contribution is -0.237. The molecule has 2 aliphatic heterocycles. The van der Waals surface area contributed by atoms with Gasteiger partial charge >= 0.3 is 5.97 Å². The van der Waals surface area contributed by atoms with E-state index in [-0.39, 0.29) is 29.1 Å². The zero-order chi connectivity index (χ0) is 17.6. The fraction of sp³-hybridized carbons (Fsp3) is 0.950. The number of ether oxygens (including phenoxy) is 2. The van der Waals surface area contributed by atoms with Crippen LogP contribution in [0.1, 0.15) is 79.6 Å². The van der Waals surface area contributed by atoms with Gasteiger partial charge in [-0.2, -0.15) is 0 Å². The van der Waals surface area contributed by atoms with Crippen molar-refractivity contribution in [2.24, 2.45) is 16.7 Å². The van der Waals surface area contributed by atoms with Gasteiger partial charge in [0.05, 0.1) is 18.1 Å². The van der Waals surface area contributed by atoms with E-state index in [1.807, 2.05) is 6.92 Å². The first-order chi connectivity index (χ1) is 11.0. The lowest BCUT2D eigenvalue weighted by Crippen LogP contribution is -2.66. The Kier molecular flexibility index (Phi) is 3.20. The van der Waals surface area contributed by atoms with Crippen molar-refractivity contribution in [3.63, 3.8) is 0 Å². The molecule has 6 atom stereocenters. The predicted molar refractivity (Wildman–Crippen MR) is 90.8 cm³/mol. The van der Waals surface area contributed by atoms with Crippen LogP contribution in [0.2, 0.25) is 0 Å². The van der Waals surface area contributed by atoms with Gasteiger partial charge in [0.15, 0.2) is 0 Å². The van der Waals surface area contributed by atoms with Crippen molar-refractivity contribution in [2.75, 3.05) is 0 Å². The molecule has 4 nitrogen and oxygen atoms in total. The van der Waals surface area contributed by atoms with E-state index in [0.717, 1.165) is 25.7 Å². The molecule has 0 aromatic carbocycles. The molecule has 0 aromatic rings. The van der Waals surface area contributed by atoms with Gasteiger partial charge in [-0.05, 0) is 57.3 Å². The molecule has 1 spiro atoms. The molecule has 2 saturated heterocycles. The number of hydrogen-bond acceptors (Lipinski definition) is 3. The predicted octanol–water partition coefficient (Wildman–Crippen LogP) is 4.16. The molecule has 1 N–H and O–H groups in total. The van der Waals surface area contributed by atoms with Crippen LogP contribution in [0.3, 0.4) is 0 Å². The van der Waals surface area contributed by atoms with Gasteiger partial charge in [-0.25, -0.2) is 0 Å². The molecule has 4 heteroatoms. The summed E-state index contributed by atoms with van der Waals surface area (Å²) in [5, 5.41) is 9.33. The van der Waals surface area contributed by atoms with E-state index >= 15 is 0 Å². The number of fused-ring (bicyclic) bond motifs is 4. The number of epoxide rings is 1. The summed E-state index contributed by atoms with van der Waals surface area (Å²) in [7, 11) is 0. The highest BCUT2D eigenvalue weighted by Gasteiger charge is 2.80. The molecular weight excluding hydrogens is 304 g/mol. The number of hydrogen-bond donors (Lipinski definition) is 1. The molecule has 0 aromatic heterocycles. The largest absolute Gasteiger partial charge is 0.481 e. The zero-order valence-corrected chi connectivity index (χ0v) is 15.8. The second-order valence-corrected chi connectivity index (χ2v) is 10.2. The zero-order valence-electron chi connectivity index (χ0n) is 15.8. The van der Waals surface area contributed by atoms with E-state index < -0.39 is 11.6 Å². The molecule has 2 aliphatic carbocycles. The Bertz CT molecular complexity index is 586. The number of carboxylic acids is 1. The first-order valence-electron chi connectivity index (χ1n) is 9.58. The minimum atomic E-state index is -0.769. The van der Waals surface area contributed by atoms with Gasteiger partial charge in [0.25, 0.3) is 0 Å². The van der Waals surface area contributed by atoms with E-state index in [1.54, 1.807) is 0 Å². The second kappa shape index (κ2) is 4.56. The molecule has 0 amide bonds. The fourth-order valence-corrected chi connectivity index (χ4v) is 7.01. The van der Waals surface area contributed by atoms with Crippen LogP contribution >= 0.6 is 0 Å². The molecule has 2 saturated carbocycles. The molecule has 24 heavy (non-hydrogen) atoms. The normalized spacial score (nSPS) is 55.0. The van der Waals surface area contributed by atoms with Crippen molar-refractivity contribution in [3.8, 4) is 0 Å². The first kappa shape index (κ1) is 16.8. The van der Waals surface area contributed by atoms with Crippen molar-refractivity contribution in [1.82, 2.24) is 0 Å². The molecular formula is C20H32O4. The molecule has 136 valence electrons. The van der Waals surface area contributed by atoms with Gasteiger partial charge in [0.2, 0.25) is 0 Å². The summed E-state index contributed by atoms with van der Waals surface area (Å²) in [6.45, 7) is 11.4. The number of aliphatic carboxylic acids is 1. The maximum Gasteiger partial charge on any atom is 0.306 e. The van der Waals surface area contributed by atoms with Crippen molar-refractivity contribution < 1.29 is 19.4 Å². The summed E-state index contributed by atoms with van der Waals surface area (Å²) >= 11 is 0. The first-order valence-corrected chi connectivity index (χ1v) is 9.58. The third-order valence-electron chi connectivity index (χ3n) is 8.30. The van der Waals surface area contributed by atoms with Gasteiger partial charge < -0.3 is 14.6 Å². The highest BCUT2D eigenvalue weighted by Crippen LogP contribution is 2.74. The van der Waals surface area contributed by atoms with Crippen molar-refractivity contribution in [3.05, 3.63) is 0 Å². The van der Waals surface area contributed by atoms with Crippen LogP contribution in [-0.4, -0.2) is 34.0 Å². The molecule has 4 fully saturated rings. The third-order valence-corrected chi connectivity index (χ3v) is 8.30. The van der Waals surface area contributed by atoms with E-state index in [9.17, 15) is 9.90 Å². The Hall–Kier alpha value is -0.610. The Labute approximate surface area is 145 Å². The second-order valence-electron chi connectivity index (χ2n) is 10.2.